The van der Waals surface area contributed by atoms with Crippen LogP contribution in [0.25, 0.3) is 21.3 Å². The van der Waals surface area contributed by atoms with E-state index in [0.717, 1.165) is 27.0 Å². The SMILES string of the molecule is Fc1cc(F)c2c(c1)ncn2Cc1ccc2nc(NC3CCCCC3)sc2c1. The van der Waals surface area contributed by atoms with Crippen molar-refractivity contribution >= 4 is 37.7 Å². The van der Waals surface area contributed by atoms with Crippen molar-refractivity contribution in [2.75, 3.05) is 5.32 Å². The van der Waals surface area contributed by atoms with E-state index in [1.165, 1.54) is 38.2 Å². The number of aromatic nitrogens is 3. The molecule has 2 aromatic heterocycles. The Hall–Kier alpha value is -2.54. The maximum atomic E-state index is 14.2. The first-order valence-corrected chi connectivity index (χ1v) is 10.4. The molecule has 0 saturated heterocycles. The summed E-state index contributed by atoms with van der Waals surface area (Å²) >= 11 is 1.66. The van der Waals surface area contributed by atoms with Crippen molar-refractivity contribution < 1.29 is 8.78 Å². The summed E-state index contributed by atoms with van der Waals surface area (Å²) < 4.78 is 30.4. The van der Waals surface area contributed by atoms with E-state index < -0.39 is 11.6 Å². The van der Waals surface area contributed by atoms with Crippen molar-refractivity contribution in [1.29, 1.82) is 0 Å². The van der Waals surface area contributed by atoms with E-state index >= 15 is 0 Å². The number of benzene rings is 2. The predicted molar refractivity (Wildman–Crippen MR) is 109 cm³/mol. The number of imidazole rings is 1. The Morgan fingerprint density at radius 2 is 1.93 bits per heavy atom. The highest BCUT2D eigenvalue weighted by Gasteiger charge is 2.15. The molecular formula is C21H20F2N4S. The molecule has 144 valence electrons. The van der Waals surface area contributed by atoms with E-state index in [1.54, 1.807) is 22.2 Å². The minimum atomic E-state index is -0.612. The monoisotopic (exact) mass is 398 g/mol. The Bertz CT molecular complexity index is 1140. The molecule has 0 amide bonds. The van der Waals surface area contributed by atoms with Crippen LogP contribution in [0, 0.1) is 11.6 Å². The Morgan fingerprint density at radius 3 is 2.79 bits per heavy atom. The number of hydrogen-bond acceptors (Lipinski definition) is 4. The van der Waals surface area contributed by atoms with Gasteiger partial charge in [-0.15, -0.1) is 0 Å². The highest BCUT2D eigenvalue weighted by atomic mass is 32.1. The lowest BCUT2D eigenvalue weighted by Crippen LogP contribution is -2.21. The van der Waals surface area contributed by atoms with Gasteiger partial charge in [-0.05, 0) is 30.5 Å². The molecule has 1 fully saturated rings. The van der Waals surface area contributed by atoms with Gasteiger partial charge in [-0.25, -0.2) is 18.7 Å². The number of fused-ring (bicyclic) bond motifs is 2. The van der Waals surface area contributed by atoms with Gasteiger partial charge in [-0.2, -0.15) is 0 Å². The van der Waals surface area contributed by atoms with Crippen molar-refractivity contribution in [2.24, 2.45) is 0 Å². The molecule has 1 saturated carbocycles. The second-order valence-electron chi connectivity index (χ2n) is 7.43. The molecule has 4 aromatic rings. The van der Waals surface area contributed by atoms with Crippen LogP contribution in [0.1, 0.15) is 37.7 Å². The zero-order valence-corrected chi connectivity index (χ0v) is 16.1. The lowest BCUT2D eigenvalue weighted by atomic mass is 9.96. The smallest absolute Gasteiger partial charge is 0.184 e. The highest BCUT2D eigenvalue weighted by Crippen LogP contribution is 2.30. The molecule has 4 nitrogen and oxygen atoms in total. The van der Waals surface area contributed by atoms with Crippen molar-refractivity contribution in [2.45, 2.75) is 44.7 Å². The summed E-state index contributed by atoms with van der Waals surface area (Å²) in [6, 6.07) is 8.77. The molecule has 0 radical (unpaired) electrons. The Balaban J connectivity index is 1.41. The average molecular weight is 398 g/mol. The minimum absolute atomic E-state index is 0.324. The fraction of sp³-hybridized carbons (Fsp3) is 0.333. The van der Waals surface area contributed by atoms with E-state index in [2.05, 4.69) is 16.4 Å². The third-order valence-corrected chi connectivity index (χ3v) is 6.32. The molecule has 2 heterocycles. The van der Waals surface area contributed by atoms with Crippen LogP contribution in [0.2, 0.25) is 0 Å². The topological polar surface area (TPSA) is 42.7 Å². The van der Waals surface area contributed by atoms with Gasteiger partial charge in [0.25, 0.3) is 0 Å². The quantitative estimate of drug-likeness (QED) is 0.478. The summed E-state index contributed by atoms with van der Waals surface area (Å²) in [5.74, 6) is -1.20. The average Bonchev–Trinajstić information content (AvgIpc) is 3.26. The first-order chi connectivity index (χ1) is 13.7. The van der Waals surface area contributed by atoms with Gasteiger partial charge in [0.1, 0.15) is 11.3 Å². The second kappa shape index (κ2) is 7.13. The van der Waals surface area contributed by atoms with Crippen LogP contribution in [0.3, 0.4) is 0 Å². The number of halogens is 2. The van der Waals surface area contributed by atoms with Crippen LogP contribution in [-0.4, -0.2) is 20.6 Å². The van der Waals surface area contributed by atoms with Crippen LogP contribution in [-0.2, 0) is 6.54 Å². The lowest BCUT2D eigenvalue weighted by molar-refractivity contribution is 0.462. The second-order valence-corrected chi connectivity index (χ2v) is 8.46. The number of rotatable bonds is 4. The van der Waals surface area contributed by atoms with Gasteiger partial charge in [0.15, 0.2) is 10.9 Å². The first kappa shape index (κ1) is 17.6. The van der Waals surface area contributed by atoms with E-state index in [4.69, 9.17) is 4.98 Å². The highest BCUT2D eigenvalue weighted by molar-refractivity contribution is 7.22. The first-order valence-electron chi connectivity index (χ1n) is 9.61. The molecule has 1 aliphatic rings. The summed E-state index contributed by atoms with van der Waals surface area (Å²) in [6.07, 6.45) is 7.87. The van der Waals surface area contributed by atoms with E-state index in [0.29, 0.717) is 23.6 Å². The van der Waals surface area contributed by atoms with Gasteiger partial charge in [-0.3, -0.25) is 0 Å². The van der Waals surface area contributed by atoms with Gasteiger partial charge in [0, 0.05) is 24.7 Å². The van der Waals surface area contributed by atoms with Gasteiger partial charge in [0.05, 0.1) is 22.1 Å². The van der Waals surface area contributed by atoms with Gasteiger partial charge < -0.3 is 9.88 Å². The molecule has 0 unspecified atom stereocenters. The van der Waals surface area contributed by atoms with Crippen LogP contribution in [0.5, 0.6) is 0 Å². The van der Waals surface area contributed by atoms with Crippen LogP contribution < -0.4 is 5.32 Å². The molecule has 0 bridgehead atoms. The number of thiazole rings is 1. The van der Waals surface area contributed by atoms with E-state index in [9.17, 15) is 8.78 Å². The van der Waals surface area contributed by atoms with Crippen molar-refractivity contribution in [1.82, 2.24) is 14.5 Å². The molecule has 7 heteroatoms. The third kappa shape index (κ3) is 3.35. The largest absolute Gasteiger partial charge is 0.359 e. The van der Waals surface area contributed by atoms with E-state index in [-0.39, 0.29) is 0 Å². The van der Waals surface area contributed by atoms with Crippen molar-refractivity contribution in [3.63, 3.8) is 0 Å². The summed E-state index contributed by atoms with van der Waals surface area (Å²) in [4.78, 5) is 8.84. The summed E-state index contributed by atoms with van der Waals surface area (Å²) in [5.41, 5.74) is 2.65. The molecule has 1 N–H and O–H groups in total. The van der Waals surface area contributed by atoms with Gasteiger partial charge in [0.2, 0.25) is 0 Å². The molecule has 2 aromatic carbocycles. The maximum Gasteiger partial charge on any atom is 0.184 e. The van der Waals surface area contributed by atoms with Crippen molar-refractivity contribution in [3.8, 4) is 0 Å². The summed E-state index contributed by atoms with van der Waals surface area (Å²) in [6.45, 7) is 0.471. The number of nitrogens with zero attached hydrogens (tertiary/aromatic N) is 3. The standard InChI is InChI=1S/C21H20F2N4S/c22-14-9-16(23)20-18(10-14)24-12-27(20)11-13-6-7-17-19(8-13)28-21(26-17)25-15-4-2-1-3-5-15/h6-10,12,15H,1-5,11H2,(H,25,26). The summed E-state index contributed by atoms with van der Waals surface area (Å²) in [5, 5.41) is 4.55. The van der Waals surface area contributed by atoms with Gasteiger partial charge in [-0.1, -0.05) is 36.7 Å². The lowest BCUT2D eigenvalue weighted by Gasteiger charge is -2.22. The molecular weight excluding hydrogens is 378 g/mol. The Kier molecular flexibility index (Phi) is 4.47. The van der Waals surface area contributed by atoms with Crippen LogP contribution in [0.4, 0.5) is 13.9 Å². The van der Waals surface area contributed by atoms with Gasteiger partial charge >= 0.3 is 0 Å². The van der Waals surface area contributed by atoms with Crippen LogP contribution in [0.15, 0.2) is 36.7 Å². The Morgan fingerprint density at radius 1 is 1.07 bits per heavy atom. The third-order valence-electron chi connectivity index (χ3n) is 5.37. The molecule has 1 aliphatic carbocycles. The van der Waals surface area contributed by atoms with Crippen LogP contribution >= 0.6 is 11.3 Å². The molecule has 28 heavy (non-hydrogen) atoms. The number of hydrogen-bond donors (Lipinski definition) is 1. The van der Waals surface area contributed by atoms with E-state index in [1.807, 2.05) is 12.1 Å². The molecule has 5 rings (SSSR count). The minimum Gasteiger partial charge on any atom is -0.359 e. The summed E-state index contributed by atoms with van der Waals surface area (Å²) in [7, 11) is 0. The fourth-order valence-corrected chi connectivity index (χ4v) is 5.00. The Labute approximate surface area is 165 Å². The molecule has 0 spiro atoms. The fourth-order valence-electron chi connectivity index (χ4n) is 3.99. The predicted octanol–water partition coefficient (Wildman–Crippen LogP) is 5.72. The molecule has 0 aliphatic heterocycles. The normalized spacial score (nSPS) is 15.5. The number of anilines is 1. The number of nitrogens with one attached hydrogen (secondary N) is 1. The maximum absolute atomic E-state index is 14.2. The van der Waals surface area contributed by atoms with Crippen molar-refractivity contribution in [3.05, 3.63) is 53.9 Å². The zero-order valence-electron chi connectivity index (χ0n) is 15.3. The zero-order chi connectivity index (χ0) is 19.1. The molecule has 0 atom stereocenters.